The second-order valence-electron chi connectivity index (χ2n) is 6.20. The van der Waals surface area contributed by atoms with Gasteiger partial charge in [0.2, 0.25) is 5.95 Å². The minimum absolute atomic E-state index is 0.201. The molecular weight excluding hydrogens is 322 g/mol. The summed E-state index contributed by atoms with van der Waals surface area (Å²) in [6.45, 7) is 2.42. The first-order valence-corrected chi connectivity index (χ1v) is 8.01. The van der Waals surface area contributed by atoms with E-state index in [1.165, 1.54) is 4.57 Å². The lowest BCUT2D eigenvalue weighted by Crippen LogP contribution is -2.30. The number of hydrogen-bond acceptors (Lipinski definition) is 5. The molecule has 8 nitrogen and oxygen atoms in total. The van der Waals surface area contributed by atoms with E-state index in [-0.39, 0.29) is 12.1 Å². The highest BCUT2D eigenvalue weighted by molar-refractivity contribution is 5.74. The molecule has 0 fully saturated rings. The lowest BCUT2D eigenvalue weighted by Gasteiger charge is -2.20. The van der Waals surface area contributed by atoms with E-state index in [9.17, 15) is 14.7 Å². The number of imidazole rings is 1. The summed E-state index contributed by atoms with van der Waals surface area (Å²) in [7, 11) is 3.42. The van der Waals surface area contributed by atoms with E-state index in [1.54, 1.807) is 18.5 Å². The number of aryl methyl sites for hydroxylation is 1. The molecule has 2 aromatic heterocycles. The Hall–Kier alpha value is -2.87. The normalized spacial score (nSPS) is 12.5. The Morgan fingerprint density at radius 2 is 1.96 bits per heavy atom. The Bertz CT molecular complexity index is 1000. The van der Waals surface area contributed by atoms with Crippen molar-refractivity contribution in [3.63, 3.8) is 0 Å². The van der Waals surface area contributed by atoms with E-state index in [0.29, 0.717) is 18.1 Å². The molecule has 132 valence electrons. The molecule has 0 spiro atoms. The summed E-state index contributed by atoms with van der Waals surface area (Å²) in [6, 6.07) is 9.86. The molecule has 2 N–H and O–H groups in total. The van der Waals surface area contributed by atoms with Crippen molar-refractivity contribution in [2.45, 2.75) is 26.1 Å². The van der Waals surface area contributed by atoms with Crippen LogP contribution in [0.2, 0.25) is 0 Å². The van der Waals surface area contributed by atoms with Crippen LogP contribution in [0, 0.1) is 0 Å². The van der Waals surface area contributed by atoms with E-state index in [0.717, 1.165) is 5.56 Å². The summed E-state index contributed by atoms with van der Waals surface area (Å²) >= 11 is 0. The zero-order chi connectivity index (χ0) is 18.1. The van der Waals surface area contributed by atoms with Gasteiger partial charge < -0.3 is 14.6 Å². The Morgan fingerprint density at radius 3 is 2.60 bits per heavy atom. The second kappa shape index (κ2) is 6.56. The molecule has 1 aromatic carbocycles. The predicted molar refractivity (Wildman–Crippen MR) is 95.8 cm³/mol. The lowest BCUT2D eigenvalue weighted by atomic mass is 10.2. The second-order valence-corrected chi connectivity index (χ2v) is 6.20. The molecule has 3 rings (SSSR count). The number of hydrogen-bond donors (Lipinski definition) is 2. The number of aliphatic hydroxyl groups excluding tert-OH is 1. The van der Waals surface area contributed by atoms with Crippen LogP contribution in [-0.4, -0.2) is 37.4 Å². The van der Waals surface area contributed by atoms with Crippen LogP contribution in [0.5, 0.6) is 0 Å². The number of fused-ring (bicyclic) bond motifs is 1. The van der Waals surface area contributed by atoms with Crippen LogP contribution in [0.4, 0.5) is 5.95 Å². The van der Waals surface area contributed by atoms with Crippen molar-refractivity contribution in [1.82, 2.24) is 19.1 Å². The molecule has 1 atom stereocenters. The first-order valence-electron chi connectivity index (χ1n) is 8.01. The number of rotatable bonds is 5. The monoisotopic (exact) mass is 343 g/mol. The topological polar surface area (TPSA) is 96.2 Å². The van der Waals surface area contributed by atoms with Crippen molar-refractivity contribution in [3.05, 3.63) is 56.7 Å². The molecule has 0 bridgehead atoms. The molecule has 0 aliphatic carbocycles. The lowest BCUT2D eigenvalue weighted by molar-refractivity contribution is 0.175. The van der Waals surface area contributed by atoms with Gasteiger partial charge in [-0.15, -0.1) is 0 Å². The average molecular weight is 343 g/mol. The molecule has 0 amide bonds. The van der Waals surface area contributed by atoms with Gasteiger partial charge in [0.05, 0.1) is 12.6 Å². The van der Waals surface area contributed by atoms with Crippen LogP contribution in [0.1, 0.15) is 12.5 Å². The van der Waals surface area contributed by atoms with E-state index < -0.39 is 17.4 Å². The fraction of sp³-hybridized carbons (Fsp3) is 0.353. The number of benzene rings is 1. The zero-order valence-corrected chi connectivity index (χ0v) is 14.4. The molecule has 1 unspecified atom stereocenters. The van der Waals surface area contributed by atoms with Crippen LogP contribution < -0.4 is 16.1 Å². The summed E-state index contributed by atoms with van der Waals surface area (Å²) < 4.78 is 2.95. The van der Waals surface area contributed by atoms with E-state index >= 15 is 0 Å². The third kappa shape index (κ3) is 3.20. The summed E-state index contributed by atoms with van der Waals surface area (Å²) in [6.07, 6.45) is -0.669. The van der Waals surface area contributed by atoms with E-state index in [4.69, 9.17) is 0 Å². The number of aromatic nitrogens is 4. The summed E-state index contributed by atoms with van der Waals surface area (Å²) in [5, 5.41) is 9.85. The van der Waals surface area contributed by atoms with Crippen molar-refractivity contribution >= 4 is 17.1 Å². The number of H-pyrrole nitrogens is 1. The molecular formula is C17H21N5O3. The molecule has 3 aromatic rings. The van der Waals surface area contributed by atoms with Gasteiger partial charge >= 0.3 is 5.69 Å². The van der Waals surface area contributed by atoms with Crippen LogP contribution >= 0.6 is 0 Å². The SMILES string of the molecule is CC(O)Cn1c(N(C)Cc2ccccc2)nc2c1c(=O)[nH]c(=O)n2C. The maximum atomic E-state index is 12.3. The van der Waals surface area contributed by atoms with Crippen molar-refractivity contribution in [1.29, 1.82) is 0 Å². The maximum Gasteiger partial charge on any atom is 0.329 e. The van der Waals surface area contributed by atoms with Gasteiger partial charge in [0.15, 0.2) is 11.2 Å². The van der Waals surface area contributed by atoms with Gasteiger partial charge in [-0.25, -0.2) is 4.79 Å². The van der Waals surface area contributed by atoms with Crippen LogP contribution in [0.25, 0.3) is 11.2 Å². The number of anilines is 1. The maximum absolute atomic E-state index is 12.3. The van der Waals surface area contributed by atoms with Crippen molar-refractivity contribution in [2.75, 3.05) is 11.9 Å². The van der Waals surface area contributed by atoms with E-state index in [2.05, 4.69) is 9.97 Å². The highest BCUT2D eigenvalue weighted by Crippen LogP contribution is 2.20. The molecule has 0 aliphatic rings. The van der Waals surface area contributed by atoms with Gasteiger partial charge in [-0.05, 0) is 12.5 Å². The number of nitrogens with zero attached hydrogens (tertiary/aromatic N) is 4. The summed E-state index contributed by atoms with van der Waals surface area (Å²) in [5.74, 6) is 0.520. The largest absolute Gasteiger partial charge is 0.392 e. The molecule has 8 heteroatoms. The number of aliphatic hydroxyl groups is 1. The molecule has 0 saturated carbocycles. The fourth-order valence-corrected chi connectivity index (χ4v) is 2.88. The average Bonchev–Trinajstić information content (AvgIpc) is 2.93. The summed E-state index contributed by atoms with van der Waals surface area (Å²) in [5.41, 5.74) is 0.632. The Morgan fingerprint density at radius 1 is 1.28 bits per heavy atom. The molecule has 0 aliphatic heterocycles. The predicted octanol–water partition coefficient (Wildman–Crippen LogP) is 0.440. The number of aromatic amines is 1. The van der Waals surface area contributed by atoms with Gasteiger partial charge in [0, 0.05) is 20.6 Å². The molecule has 0 radical (unpaired) electrons. The third-order valence-corrected chi connectivity index (χ3v) is 4.04. The Balaban J connectivity index is 2.16. The molecule has 2 heterocycles. The Labute approximate surface area is 144 Å². The highest BCUT2D eigenvalue weighted by atomic mass is 16.3. The standard InChI is InChI=1S/C17H21N5O3/c1-11(23)9-22-13-14(21(3)17(25)19-15(13)24)18-16(22)20(2)10-12-7-5-4-6-8-12/h4-8,11,23H,9-10H2,1-3H3,(H,19,24,25). The van der Waals surface area contributed by atoms with Gasteiger partial charge in [-0.3, -0.25) is 14.3 Å². The minimum atomic E-state index is -0.669. The third-order valence-electron chi connectivity index (χ3n) is 4.04. The van der Waals surface area contributed by atoms with Gasteiger partial charge in [-0.2, -0.15) is 4.98 Å². The quantitative estimate of drug-likeness (QED) is 0.701. The first kappa shape index (κ1) is 17.0. The molecule has 25 heavy (non-hydrogen) atoms. The smallest absolute Gasteiger partial charge is 0.329 e. The fourth-order valence-electron chi connectivity index (χ4n) is 2.88. The van der Waals surface area contributed by atoms with Gasteiger partial charge in [0.25, 0.3) is 5.56 Å². The van der Waals surface area contributed by atoms with Crippen LogP contribution in [0.15, 0.2) is 39.9 Å². The van der Waals surface area contributed by atoms with Gasteiger partial charge in [0.1, 0.15) is 0 Å². The minimum Gasteiger partial charge on any atom is -0.392 e. The highest BCUT2D eigenvalue weighted by Gasteiger charge is 2.20. The van der Waals surface area contributed by atoms with Crippen LogP contribution in [-0.2, 0) is 20.1 Å². The van der Waals surface area contributed by atoms with Gasteiger partial charge in [-0.1, -0.05) is 30.3 Å². The van der Waals surface area contributed by atoms with Crippen molar-refractivity contribution in [2.24, 2.45) is 7.05 Å². The Kier molecular flexibility index (Phi) is 4.45. The van der Waals surface area contributed by atoms with E-state index in [1.807, 2.05) is 42.3 Å². The first-order chi connectivity index (χ1) is 11.9. The van der Waals surface area contributed by atoms with Crippen molar-refractivity contribution < 1.29 is 5.11 Å². The molecule has 0 saturated heterocycles. The van der Waals surface area contributed by atoms with Crippen molar-refractivity contribution in [3.8, 4) is 0 Å². The summed E-state index contributed by atoms with van der Waals surface area (Å²) in [4.78, 5) is 32.9. The van der Waals surface area contributed by atoms with Crippen LogP contribution in [0.3, 0.4) is 0 Å². The zero-order valence-electron chi connectivity index (χ0n) is 14.4. The number of nitrogens with one attached hydrogen (secondary N) is 1.